The highest BCUT2D eigenvalue weighted by atomic mass is 32.2. The fourth-order valence-corrected chi connectivity index (χ4v) is 3.66. The molecule has 29 heavy (non-hydrogen) atoms. The van der Waals surface area contributed by atoms with E-state index >= 15 is 0 Å². The number of carbonyl (C=O) groups excluding carboxylic acids is 2. The second-order valence-corrected chi connectivity index (χ2v) is 7.26. The molecular formula is C20H18N2O6S. The monoisotopic (exact) mass is 414 g/mol. The Morgan fingerprint density at radius 3 is 2.66 bits per heavy atom. The number of aromatic hydroxyl groups is 1. The summed E-state index contributed by atoms with van der Waals surface area (Å²) in [5, 5.41) is 21.1. The largest absolute Gasteiger partial charge is 0.504 e. The number of nitro benzene ring substituents is 1. The van der Waals surface area contributed by atoms with Crippen molar-refractivity contribution < 1.29 is 24.4 Å². The summed E-state index contributed by atoms with van der Waals surface area (Å²) in [6.45, 7) is 3.89. The summed E-state index contributed by atoms with van der Waals surface area (Å²) in [6.07, 6.45) is 1.27. The smallest absolute Gasteiger partial charge is 0.293 e. The van der Waals surface area contributed by atoms with Crippen LogP contribution in [0.15, 0.2) is 41.3 Å². The first-order valence-corrected chi connectivity index (χ1v) is 9.57. The fourth-order valence-electron chi connectivity index (χ4n) is 2.83. The van der Waals surface area contributed by atoms with E-state index in [1.165, 1.54) is 6.08 Å². The predicted octanol–water partition coefficient (Wildman–Crippen LogP) is 4.24. The highest BCUT2D eigenvalue weighted by Gasteiger charge is 2.35. The first-order chi connectivity index (χ1) is 13.8. The number of hydrogen-bond acceptors (Lipinski definition) is 7. The van der Waals surface area contributed by atoms with E-state index in [4.69, 9.17) is 4.74 Å². The Morgan fingerprint density at radius 2 is 2.00 bits per heavy atom. The summed E-state index contributed by atoms with van der Waals surface area (Å²) >= 11 is 0.721. The minimum absolute atomic E-state index is 0.0315. The zero-order valence-electron chi connectivity index (χ0n) is 15.7. The van der Waals surface area contributed by atoms with Crippen LogP contribution in [-0.2, 0) is 11.3 Å². The van der Waals surface area contributed by atoms with Crippen molar-refractivity contribution in [1.82, 2.24) is 4.90 Å². The SMILES string of the molecule is CCOc1cc([N+](=O)[O-])cc(/C=C2\SC(=O)N(Cc3ccccc3C)C2=O)c1O. The van der Waals surface area contributed by atoms with Crippen molar-refractivity contribution in [2.75, 3.05) is 6.61 Å². The molecule has 3 rings (SSSR count). The molecule has 0 saturated carbocycles. The maximum atomic E-state index is 12.7. The molecule has 0 atom stereocenters. The number of phenolic OH excluding ortho intramolecular Hbond substituents is 1. The van der Waals surface area contributed by atoms with Gasteiger partial charge in [-0.3, -0.25) is 24.6 Å². The van der Waals surface area contributed by atoms with Gasteiger partial charge in [0.1, 0.15) is 0 Å². The van der Waals surface area contributed by atoms with Crippen LogP contribution in [0.2, 0.25) is 0 Å². The number of benzene rings is 2. The predicted molar refractivity (Wildman–Crippen MR) is 109 cm³/mol. The molecule has 1 aliphatic rings. The summed E-state index contributed by atoms with van der Waals surface area (Å²) in [6, 6.07) is 9.66. The molecule has 1 fully saturated rings. The molecule has 0 unspecified atom stereocenters. The maximum absolute atomic E-state index is 12.7. The Kier molecular flexibility index (Phi) is 5.88. The van der Waals surface area contributed by atoms with E-state index in [1.54, 1.807) is 6.92 Å². The third kappa shape index (κ3) is 4.24. The molecule has 2 aromatic rings. The number of hydrogen-bond donors (Lipinski definition) is 1. The molecule has 150 valence electrons. The van der Waals surface area contributed by atoms with Gasteiger partial charge >= 0.3 is 0 Å². The summed E-state index contributed by atoms with van der Waals surface area (Å²) in [7, 11) is 0. The Bertz CT molecular complexity index is 1030. The van der Waals surface area contributed by atoms with Gasteiger partial charge in [-0.25, -0.2) is 0 Å². The number of amides is 2. The van der Waals surface area contributed by atoms with E-state index in [-0.39, 0.29) is 40.8 Å². The number of nitrogens with zero attached hydrogens (tertiary/aromatic N) is 2. The molecule has 9 heteroatoms. The van der Waals surface area contributed by atoms with E-state index in [0.29, 0.717) is 0 Å². The van der Waals surface area contributed by atoms with Gasteiger partial charge in [-0.1, -0.05) is 24.3 Å². The van der Waals surface area contributed by atoms with Crippen LogP contribution >= 0.6 is 11.8 Å². The second kappa shape index (κ2) is 8.36. The van der Waals surface area contributed by atoms with Gasteiger partial charge in [-0.05, 0) is 42.8 Å². The Morgan fingerprint density at radius 1 is 1.28 bits per heavy atom. The van der Waals surface area contributed by atoms with Crippen LogP contribution in [0.25, 0.3) is 6.08 Å². The molecule has 0 spiro atoms. The van der Waals surface area contributed by atoms with Crippen LogP contribution in [0.4, 0.5) is 10.5 Å². The average molecular weight is 414 g/mol. The van der Waals surface area contributed by atoms with E-state index in [0.717, 1.165) is 39.9 Å². The third-order valence-electron chi connectivity index (χ3n) is 4.35. The molecule has 1 aliphatic heterocycles. The van der Waals surface area contributed by atoms with Crippen molar-refractivity contribution in [3.05, 3.63) is 68.1 Å². The number of imide groups is 1. The standard InChI is InChI=1S/C20H18N2O6S/c1-3-28-16-10-15(22(26)27)8-14(18(16)23)9-17-19(24)21(20(25)29-17)11-13-7-5-4-6-12(13)2/h4-10,23H,3,11H2,1-2H3/b17-9-. The highest BCUT2D eigenvalue weighted by molar-refractivity contribution is 8.18. The lowest BCUT2D eigenvalue weighted by Gasteiger charge is -2.14. The number of non-ortho nitro benzene ring substituents is 1. The summed E-state index contributed by atoms with van der Waals surface area (Å²) in [5.74, 6) is -0.914. The molecule has 2 aromatic carbocycles. The number of aryl methyl sites for hydroxylation is 1. The van der Waals surface area contributed by atoms with E-state index in [1.807, 2.05) is 31.2 Å². The first-order valence-electron chi connectivity index (χ1n) is 8.76. The first kappa shape index (κ1) is 20.4. The number of phenols is 1. The second-order valence-electron chi connectivity index (χ2n) is 6.27. The van der Waals surface area contributed by atoms with Gasteiger partial charge in [0.2, 0.25) is 0 Å². The number of thioether (sulfide) groups is 1. The summed E-state index contributed by atoms with van der Waals surface area (Å²) < 4.78 is 5.24. The van der Waals surface area contributed by atoms with Gasteiger partial charge in [0.15, 0.2) is 11.5 Å². The van der Waals surface area contributed by atoms with Crippen LogP contribution in [0.5, 0.6) is 11.5 Å². The van der Waals surface area contributed by atoms with Crippen LogP contribution in [0.1, 0.15) is 23.6 Å². The lowest BCUT2D eigenvalue weighted by molar-refractivity contribution is -0.385. The molecule has 0 radical (unpaired) electrons. The van der Waals surface area contributed by atoms with Crippen LogP contribution in [0.3, 0.4) is 0 Å². The third-order valence-corrected chi connectivity index (χ3v) is 5.26. The molecule has 0 bridgehead atoms. The minimum Gasteiger partial charge on any atom is -0.504 e. The van der Waals surface area contributed by atoms with Gasteiger partial charge < -0.3 is 9.84 Å². The van der Waals surface area contributed by atoms with Crippen molar-refractivity contribution in [1.29, 1.82) is 0 Å². The number of nitro groups is 1. The van der Waals surface area contributed by atoms with E-state index in [9.17, 15) is 24.8 Å². The number of carbonyl (C=O) groups is 2. The Hall–Kier alpha value is -3.33. The van der Waals surface area contributed by atoms with Crippen molar-refractivity contribution >= 4 is 34.7 Å². The zero-order chi connectivity index (χ0) is 21.1. The number of ether oxygens (including phenoxy) is 1. The van der Waals surface area contributed by atoms with Crippen LogP contribution in [-0.4, -0.2) is 32.7 Å². The van der Waals surface area contributed by atoms with E-state index < -0.39 is 16.1 Å². The fraction of sp³-hybridized carbons (Fsp3) is 0.200. The zero-order valence-corrected chi connectivity index (χ0v) is 16.6. The highest BCUT2D eigenvalue weighted by Crippen LogP contribution is 2.39. The topological polar surface area (TPSA) is 110 Å². The lowest BCUT2D eigenvalue weighted by atomic mass is 10.1. The number of rotatable bonds is 6. The molecule has 0 aromatic heterocycles. The van der Waals surface area contributed by atoms with Gasteiger partial charge in [-0.2, -0.15) is 0 Å². The Balaban J connectivity index is 1.95. The van der Waals surface area contributed by atoms with Gasteiger partial charge in [0.25, 0.3) is 16.8 Å². The normalized spacial score (nSPS) is 15.2. The van der Waals surface area contributed by atoms with Crippen molar-refractivity contribution in [3.8, 4) is 11.5 Å². The van der Waals surface area contributed by atoms with Gasteiger partial charge in [-0.15, -0.1) is 0 Å². The van der Waals surface area contributed by atoms with Crippen molar-refractivity contribution in [2.45, 2.75) is 20.4 Å². The maximum Gasteiger partial charge on any atom is 0.293 e. The summed E-state index contributed by atoms with van der Waals surface area (Å²) in [5.41, 5.74) is 1.53. The van der Waals surface area contributed by atoms with Crippen LogP contribution in [0, 0.1) is 17.0 Å². The molecule has 0 aliphatic carbocycles. The molecule has 2 amide bonds. The minimum atomic E-state index is -0.622. The van der Waals surface area contributed by atoms with Crippen molar-refractivity contribution in [2.24, 2.45) is 0 Å². The van der Waals surface area contributed by atoms with Gasteiger partial charge in [0.05, 0.1) is 29.0 Å². The lowest BCUT2D eigenvalue weighted by Crippen LogP contribution is -2.27. The average Bonchev–Trinajstić information content (AvgIpc) is 2.94. The van der Waals surface area contributed by atoms with E-state index in [2.05, 4.69) is 0 Å². The quantitative estimate of drug-likeness (QED) is 0.427. The van der Waals surface area contributed by atoms with Crippen molar-refractivity contribution in [3.63, 3.8) is 0 Å². The molecular weight excluding hydrogens is 396 g/mol. The molecule has 1 N–H and O–H groups in total. The van der Waals surface area contributed by atoms with Crippen LogP contribution < -0.4 is 4.74 Å². The molecule has 1 heterocycles. The molecule has 1 saturated heterocycles. The van der Waals surface area contributed by atoms with Gasteiger partial charge in [0, 0.05) is 11.6 Å². The Labute approximate surface area is 170 Å². The summed E-state index contributed by atoms with van der Waals surface area (Å²) in [4.78, 5) is 36.8. The molecule has 8 nitrogen and oxygen atoms in total.